The van der Waals surface area contributed by atoms with Crippen LogP contribution in [0.25, 0.3) is 10.1 Å². The van der Waals surface area contributed by atoms with E-state index in [1.54, 1.807) is 32.3 Å². The summed E-state index contributed by atoms with van der Waals surface area (Å²) in [7, 11) is 0. The van der Waals surface area contributed by atoms with Crippen molar-refractivity contribution in [2.75, 3.05) is 0 Å². The molecule has 1 atom stereocenters. The minimum Gasteiger partial charge on any atom is -0.459 e. The maximum Gasteiger partial charge on any atom is 0.340 e. The molecule has 6 nitrogen and oxygen atoms in total. The Bertz CT molecular complexity index is 1150. The second-order valence-corrected chi connectivity index (χ2v) is 7.70. The van der Waals surface area contributed by atoms with Gasteiger partial charge in [0.05, 0.1) is 17.6 Å². The van der Waals surface area contributed by atoms with Crippen molar-refractivity contribution >= 4 is 27.4 Å². The molecule has 0 aliphatic carbocycles. The summed E-state index contributed by atoms with van der Waals surface area (Å²) < 4.78 is 11.8. The van der Waals surface area contributed by atoms with Gasteiger partial charge in [0, 0.05) is 22.5 Å². The van der Waals surface area contributed by atoms with Crippen LogP contribution in [-0.2, 0) is 9.53 Å². The Labute approximate surface area is 165 Å². The second-order valence-electron chi connectivity index (χ2n) is 6.68. The molecule has 142 valence electrons. The molecule has 7 heteroatoms. The van der Waals surface area contributed by atoms with Gasteiger partial charge in [0.2, 0.25) is 10.6 Å². The van der Waals surface area contributed by atoms with Crippen LogP contribution in [0.1, 0.15) is 30.9 Å². The van der Waals surface area contributed by atoms with Crippen LogP contribution >= 0.6 is 11.3 Å². The van der Waals surface area contributed by atoms with Crippen molar-refractivity contribution in [1.82, 2.24) is 4.98 Å². The van der Waals surface area contributed by atoms with E-state index in [9.17, 15) is 9.59 Å². The number of hydrogen-bond acceptors (Lipinski definition) is 7. The van der Waals surface area contributed by atoms with Crippen LogP contribution < -0.4 is 15.2 Å². The van der Waals surface area contributed by atoms with Gasteiger partial charge in [-0.05, 0) is 37.6 Å². The molecule has 0 spiro atoms. The molecule has 3 aromatic rings. The quantitative estimate of drug-likeness (QED) is 0.686. The first-order valence-corrected chi connectivity index (χ1v) is 9.63. The molecule has 0 fully saturated rings. The number of esters is 1. The molecule has 0 saturated heterocycles. The van der Waals surface area contributed by atoms with Gasteiger partial charge in [-0.3, -0.25) is 9.78 Å². The summed E-state index contributed by atoms with van der Waals surface area (Å²) in [5, 5.41) is 0.773. The van der Waals surface area contributed by atoms with E-state index in [1.807, 2.05) is 30.3 Å². The van der Waals surface area contributed by atoms with Gasteiger partial charge in [0.1, 0.15) is 11.3 Å². The third kappa shape index (κ3) is 3.03. The van der Waals surface area contributed by atoms with E-state index in [2.05, 4.69) is 4.98 Å². The van der Waals surface area contributed by atoms with E-state index >= 15 is 0 Å². The molecule has 1 aliphatic heterocycles. The summed E-state index contributed by atoms with van der Waals surface area (Å²) in [6.45, 7) is 3.50. The van der Waals surface area contributed by atoms with E-state index in [1.165, 1.54) is 0 Å². The summed E-state index contributed by atoms with van der Waals surface area (Å²) in [5.41, 5.74) is 7.34. The smallest absolute Gasteiger partial charge is 0.340 e. The maximum atomic E-state index is 13.1. The van der Waals surface area contributed by atoms with Crippen molar-refractivity contribution in [2.24, 2.45) is 5.73 Å². The molecule has 4 rings (SSSR count). The summed E-state index contributed by atoms with van der Waals surface area (Å²) in [6.07, 6.45) is 2.91. The Kier molecular flexibility index (Phi) is 4.60. The van der Waals surface area contributed by atoms with Gasteiger partial charge in [0.15, 0.2) is 0 Å². The van der Waals surface area contributed by atoms with Crippen LogP contribution in [0, 0.1) is 0 Å². The van der Waals surface area contributed by atoms with Crippen LogP contribution in [0.3, 0.4) is 0 Å². The summed E-state index contributed by atoms with van der Waals surface area (Å²) in [5.74, 6) is -0.999. The topological polar surface area (TPSA) is 91.5 Å². The molecule has 0 radical (unpaired) electrons. The number of hydrogen-bond donors (Lipinski definition) is 1. The monoisotopic (exact) mass is 394 g/mol. The summed E-state index contributed by atoms with van der Waals surface area (Å²) >= 11 is 1.11. The Morgan fingerprint density at radius 3 is 2.75 bits per heavy atom. The SMILES string of the molecule is CC(C)OC(=O)C1=C(N)Oc2c(c(=O)sc3ccccc23)C1c1cccnc1. The fraction of sp³-hybridized carbons (Fsp3) is 0.190. The first-order chi connectivity index (χ1) is 13.5. The Morgan fingerprint density at radius 2 is 2.04 bits per heavy atom. The minimum absolute atomic E-state index is 0.0623. The highest BCUT2D eigenvalue weighted by molar-refractivity contribution is 7.16. The third-order valence-electron chi connectivity index (χ3n) is 4.43. The first kappa shape index (κ1) is 18.2. The number of carbonyl (C=O) groups is 1. The second kappa shape index (κ2) is 7.09. The van der Waals surface area contributed by atoms with Gasteiger partial charge in [-0.1, -0.05) is 29.5 Å². The standard InChI is InChI=1S/C21H18N2O4S/c1-11(2)26-20(24)17-15(12-6-5-9-23-10-12)16-18(27-19(17)22)13-7-3-4-8-14(13)28-21(16)25/h3-11,15H,22H2,1-2H3. The maximum absolute atomic E-state index is 13.1. The van der Waals surface area contributed by atoms with Gasteiger partial charge in [-0.25, -0.2) is 4.79 Å². The molecule has 0 amide bonds. The Morgan fingerprint density at radius 1 is 1.25 bits per heavy atom. The van der Waals surface area contributed by atoms with E-state index in [0.717, 1.165) is 21.4 Å². The molecular weight excluding hydrogens is 376 g/mol. The highest BCUT2D eigenvalue weighted by Gasteiger charge is 2.38. The van der Waals surface area contributed by atoms with Gasteiger partial charge in [0.25, 0.3) is 0 Å². The lowest BCUT2D eigenvalue weighted by atomic mass is 9.84. The average Bonchev–Trinajstić information content (AvgIpc) is 2.67. The largest absolute Gasteiger partial charge is 0.459 e. The van der Waals surface area contributed by atoms with E-state index in [-0.39, 0.29) is 22.3 Å². The highest BCUT2D eigenvalue weighted by Crippen LogP contribution is 2.44. The zero-order valence-electron chi connectivity index (χ0n) is 15.3. The van der Waals surface area contributed by atoms with Crippen molar-refractivity contribution in [3.8, 4) is 5.75 Å². The van der Waals surface area contributed by atoms with Gasteiger partial charge in [-0.2, -0.15) is 0 Å². The number of rotatable bonds is 3. The molecule has 0 bridgehead atoms. The summed E-state index contributed by atoms with van der Waals surface area (Å²) in [4.78, 5) is 30.0. The zero-order valence-corrected chi connectivity index (χ0v) is 16.2. The summed E-state index contributed by atoms with van der Waals surface area (Å²) in [6, 6.07) is 11.0. The number of nitrogens with zero attached hydrogens (tertiary/aromatic N) is 1. The van der Waals surface area contributed by atoms with Gasteiger partial charge in [-0.15, -0.1) is 0 Å². The fourth-order valence-corrected chi connectivity index (χ4v) is 4.26. The molecule has 3 heterocycles. The molecule has 2 N–H and O–H groups in total. The predicted octanol–water partition coefficient (Wildman–Crippen LogP) is 3.30. The molecule has 1 aromatic carbocycles. The lowest BCUT2D eigenvalue weighted by Crippen LogP contribution is -2.31. The van der Waals surface area contributed by atoms with Crippen LogP contribution in [0.15, 0.2) is 65.0 Å². The van der Waals surface area contributed by atoms with Gasteiger partial charge < -0.3 is 15.2 Å². The minimum atomic E-state index is -0.711. The predicted molar refractivity (Wildman–Crippen MR) is 107 cm³/mol. The molecule has 1 aliphatic rings. The fourth-order valence-electron chi connectivity index (χ4n) is 3.32. The lowest BCUT2D eigenvalue weighted by molar-refractivity contribution is -0.143. The first-order valence-electron chi connectivity index (χ1n) is 8.81. The number of nitrogens with two attached hydrogens (primary N) is 1. The molecule has 1 unspecified atom stereocenters. The van der Waals surface area contributed by atoms with Crippen LogP contribution in [-0.4, -0.2) is 17.1 Å². The van der Waals surface area contributed by atoms with Gasteiger partial charge >= 0.3 is 5.97 Å². The van der Waals surface area contributed by atoms with E-state index in [0.29, 0.717) is 16.9 Å². The van der Waals surface area contributed by atoms with Crippen LogP contribution in [0.2, 0.25) is 0 Å². The number of carbonyl (C=O) groups excluding carboxylic acids is 1. The Balaban J connectivity index is 2.01. The number of pyridine rings is 1. The van der Waals surface area contributed by atoms with Crippen molar-refractivity contribution in [3.05, 3.63) is 80.9 Å². The molecule has 2 aromatic heterocycles. The number of fused-ring (bicyclic) bond motifs is 3. The normalized spacial score (nSPS) is 16.0. The van der Waals surface area contributed by atoms with Crippen LogP contribution in [0.5, 0.6) is 5.75 Å². The third-order valence-corrected chi connectivity index (χ3v) is 5.42. The highest BCUT2D eigenvalue weighted by atomic mass is 32.1. The van der Waals surface area contributed by atoms with Crippen molar-refractivity contribution in [1.29, 1.82) is 0 Å². The number of ether oxygens (including phenoxy) is 2. The van der Waals surface area contributed by atoms with E-state index in [4.69, 9.17) is 15.2 Å². The van der Waals surface area contributed by atoms with E-state index < -0.39 is 11.9 Å². The molecule has 0 saturated carbocycles. The van der Waals surface area contributed by atoms with Crippen LogP contribution in [0.4, 0.5) is 0 Å². The lowest BCUT2D eigenvalue weighted by Gasteiger charge is -2.28. The number of benzene rings is 1. The molecule has 28 heavy (non-hydrogen) atoms. The van der Waals surface area contributed by atoms with Crippen molar-refractivity contribution in [2.45, 2.75) is 25.9 Å². The molecular formula is C21H18N2O4S. The Hall–Kier alpha value is -3.19. The van der Waals surface area contributed by atoms with Crippen molar-refractivity contribution in [3.63, 3.8) is 0 Å². The zero-order chi connectivity index (χ0) is 19.8. The van der Waals surface area contributed by atoms with Crippen molar-refractivity contribution < 1.29 is 14.3 Å². The average molecular weight is 394 g/mol. The number of aromatic nitrogens is 1.